The maximum atomic E-state index is 12.0. The minimum Gasteiger partial charge on any atom is -0.503 e. The van der Waals surface area contributed by atoms with Crippen LogP contribution in [0.3, 0.4) is 0 Å². The number of nitrogens with zero attached hydrogens (tertiary/aromatic N) is 1. The van der Waals surface area contributed by atoms with Crippen molar-refractivity contribution in [3.8, 4) is 17.5 Å². The molecule has 0 bridgehead atoms. The van der Waals surface area contributed by atoms with Gasteiger partial charge in [-0.05, 0) is 11.6 Å². The van der Waals surface area contributed by atoms with E-state index in [0.717, 1.165) is 13.2 Å². The van der Waals surface area contributed by atoms with Gasteiger partial charge in [-0.25, -0.2) is 0 Å². The maximum Gasteiger partial charge on any atom is 0.574 e. The largest absolute Gasteiger partial charge is 0.574 e. The molecule has 0 aliphatic rings. The molecule has 0 saturated heterocycles. The first-order chi connectivity index (χ1) is 7.74. The second-order valence-electron chi connectivity index (χ2n) is 2.69. The van der Waals surface area contributed by atoms with Crippen LogP contribution in [0.4, 0.5) is 13.2 Å². The molecule has 0 fully saturated rings. The number of methoxy groups -OCH3 is 1. The number of aromatic hydroxyl groups is 1. The van der Waals surface area contributed by atoms with Crippen molar-refractivity contribution in [1.82, 2.24) is 4.98 Å². The lowest BCUT2D eigenvalue weighted by atomic mass is 10.2. The van der Waals surface area contributed by atoms with E-state index in [1.807, 2.05) is 0 Å². The van der Waals surface area contributed by atoms with Crippen molar-refractivity contribution in [2.75, 3.05) is 7.11 Å². The smallest absolute Gasteiger partial charge is 0.503 e. The standard InChI is InChI=1S/C8H5ClF3NO4/c1-16-4-2-3(6(9)15)5(14)7(13-4)17-8(10,11)12/h2,14H,1H3. The predicted octanol–water partition coefficient (Wildman–Crippen LogP) is 2.07. The number of hydrogen-bond donors (Lipinski definition) is 1. The Morgan fingerprint density at radius 3 is 2.53 bits per heavy atom. The Bertz CT molecular complexity index is 449. The van der Waals surface area contributed by atoms with Crippen LogP contribution >= 0.6 is 11.6 Å². The molecule has 0 amide bonds. The van der Waals surface area contributed by atoms with Crippen LogP contribution in [0, 0.1) is 0 Å². The van der Waals surface area contributed by atoms with E-state index in [1.54, 1.807) is 0 Å². The average molecular weight is 272 g/mol. The van der Waals surface area contributed by atoms with Crippen molar-refractivity contribution in [2.45, 2.75) is 6.36 Å². The highest BCUT2D eigenvalue weighted by Gasteiger charge is 2.34. The van der Waals surface area contributed by atoms with Gasteiger partial charge in [-0.15, -0.1) is 13.2 Å². The molecule has 1 N–H and O–H groups in total. The number of alkyl halides is 3. The first-order valence-electron chi connectivity index (χ1n) is 3.98. The number of pyridine rings is 1. The van der Waals surface area contributed by atoms with Crippen LogP contribution in [0.1, 0.15) is 10.4 Å². The molecule has 1 heterocycles. The fourth-order valence-electron chi connectivity index (χ4n) is 0.928. The molecular formula is C8H5ClF3NO4. The van der Waals surface area contributed by atoms with Gasteiger partial charge in [-0.1, -0.05) is 0 Å². The van der Waals surface area contributed by atoms with E-state index in [4.69, 9.17) is 11.6 Å². The van der Waals surface area contributed by atoms with Gasteiger partial charge in [0.05, 0.1) is 12.7 Å². The minimum atomic E-state index is -5.07. The molecule has 0 unspecified atom stereocenters. The molecule has 94 valence electrons. The van der Waals surface area contributed by atoms with E-state index in [9.17, 15) is 23.1 Å². The molecule has 9 heteroatoms. The van der Waals surface area contributed by atoms with E-state index in [0.29, 0.717) is 0 Å². The van der Waals surface area contributed by atoms with E-state index < -0.39 is 28.8 Å². The highest BCUT2D eigenvalue weighted by atomic mass is 35.5. The first kappa shape index (κ1) is 13.4. The molecule has 0 aromatic carbocycles. The molecule has 17 heavy (non-hydrogen) atoms. The number of halogens is 4. The Labute approximate surface area is 97.7 Å². The van der Waals surface area contributed by atoms with E-state index in [2.05, 4.69) is 14.5 Å². The molecule has 0 aliphatic carbocycles. The molecule has 1 rings (SSSR count). The number of carbonyl (C=O) groups is 1. The summed E-state index contributed by atoms with van der Waals surface area (Å²) >= 11 is 5.06. The zero-order valence-electron chi connectivity index (χ0n) is 8.21. The normalized spacial score (nSPS) is 11.1. The lowest BCUT2D eigenvalue weighted by Crippen LogP contribution is -2.18. The third kappa shape index (κ3) is 3.38. The van der Waals surface area contributed by atoms with Gasteiger partial charge in [0, 0.05) is 6.07 Å². The highest BCUT2D eigenvalue weighted by Crippen LogP contribution is 2.35. The third-order valence-corrected chi connectivity index (χ3v) is 1.77. The number of ether oxygens (including phenoxy) is 2. The lowest BCUT2D eigenvalue weighted by molar-refractivity contribution is -0.276. The summed E-state index contributed by atoms with van der Waals surface area (Å²) in [4.78, 5) is 14.0. The number of aromatic nitrogens is 1. The molecule has 1 aromatic rings. The summed E-state index contributed by atoms with van der Waals surface area (Å²) in [5, 5.41) is 8.12. The summed E-state index contributed by atoms with van der Waals surface area (Å²) in [6.45, 7) is 0. The molecular weight excluding hydrogens is 267 g/mol. The Hall–Kier alpha value is -1.70. The van der Waals surface area contributed by atoms with Gasteiger partial charge in [0.2, 0.25) is 5.88 Å². The van der Waals surface area contributed by atoms with E-state index in [-0.39, 0.29) is 5.88 Å². The van der Waals surface area contributed by atoms with Crippen LogP contribution in [-0.4, -0.2) is 28.8 Å². The summed E-state index contributed by atoms with van der Waals surface area (Å²) in [7, 11) is 1.11. The Kier molecular flexibility index (Phi) is 3.66. The van der Waals surface area contributed by atoms with E-state index in [1.165, 1.54) is 0 Å². The van der Waals surface area contributed by atoms with Crippen LogP contribution < -0.4 is 9.47 Å². The summed E-state index contributed by atoms with van der Waals surface area (Å²) < 4.78 is 43.8. The van der Waals surface area contributed by atoms with Crippen molar-refractivity contribution in [3.05, 3.63) is 11.6 Å². The summed E-state index contributed by atoms with van der Waals surface area (Å²) in [6, 6.07) is 0.883. The van der Waals surface area contributed by atoms with Gasteiger partial charge in [0.1, 0.15) is 0 Å². The van der Waals surface area contributed by atoms with Crippen molar-refractivity contribution >= 4 is 16.8 Å². The van der Waals surface area contributed by atoms with Crippen LogP contribution in [0.5, 0.6) is 17.5 Å². The van der Waals surface area contributed by atoms with Crippen LogP contribution in [-0.2, 0) is 0 Å². The Balaban J connectivity index is 3.29. The van der Waals surface area contributed by atoms with Crippen molar-refractivity contribution in [3.63, 3.8) is 0 Å². The second-order valence-corrected chi connectivity index (χ2v) is 3.03. The molecule has 0 saturated carbocycles. The zero-order valence-corrected chi connectivity index (χ0v) is 8.96. The lowest BCUT2D eigenvalue weighted by Gasteiger charge is -2.11. The minimum absolute atomic E-state index is 0.356. The maximum absolute atomic E-state index is 12.0. The fourth-order valence-corrected chi connectivity index (χ4v) is 1.07. The highest BCUT2D eigenvalue weighted by molar-refractivity contribution is 6.68. The topological polar surface area (TPSA) is 68.7 Å². The average Bonchev–Trinajstić information content (AvgIpc) is 2.18. The SMILES string of the molecule is COc1cc(C(=O)Cl)c(O)c(OC(F)(F)F)n1. The van der Waals surface area contributed by atoms with Crippen LogP contribution in [0.25, 0.3) is 0 Å². The molecule has 1 aromatic heterocycles. The second kappa shape index (κ2) is 4.66. The molecule has 5 nitrogen and oxygen atoms in total. The summed E-state index contributed by atoms with van der Waals surface area (Å²) in [5.74, 6) is -2.67. The molecule has 0 spiro atoms. The molecule has 0 aliphatic heterocycles. The Morgan fingerprint density at radius 2 is 2.12 bits per heavy atom. The van der Waals surface area contributed by atoms with E-state index >= 15 is 0 Å². The van der Waals surface area contributed by atoms with Crippen LogP contribution in [0.15, 0.2) is 6.07 Å². The number of rotatable bonds is 3. The fraction of sp³-hybridized carbons (Fsp3) is 0.250. The number of hydrogen-bond acceptors (Lipinski definition) is 5. The molecule has 0 atom stereocenters. The van der Waals surface area contributed by atoms with Gasteiger partial charge < -0.3 is 14.6 Å². The summed E-state index contributed by atoms with van der Waals surface area (Å²) in [6.07, 6.45) is -5.07. The number of carbonyl (C=O) groups excluding carboxylic acids is 1. The van der Waals surface area contributed by atoms with Gasteiger partial charge >= 0.3 is 6.36 Å². The van der Waals surface area contributed by atoms with Crippen molar-refractivity contribution in [2.24, 2.45) is 0 Å². The predicted molar refractivity (Wildman–Crippen MR) is 49.3 cm³/mol. The first-order valence-corrected chi connectivity index (χ1v) is 4.36. The third-order valence-electron chi connectivity index (χ3n) is 1.57. The molecule has 0 radical (unpaired) electrons. The summed E-state index contributed by atoms with van der Waals surface area (Å²) in [5.41, 5.74) is -0.599. The van der Waals surface area contributed by atoms with Gasteiger partial charge in [-0.3, -0.25) is 4.79 Å². The monoisotopic (exact) mass is 271 g/mol. The van der Waals surface area contributed by atoms with Crippen molar-refractivity contribution in [1.29, 1.82) is 0 Å². The van der Waals surface area contributed by atoms with Crippen molar-refractivity contribution < 1.29 is 32.5 Å². The van der Waals surface area contributed by atoms with Gasteiger partial charge in [0.25, 0.3) is 11.1 Å². The quantitative estimate of drug-likeness (QED) is 0.852. The van der Waals surface area contributed by atoms with Gasteiger partial charge in [-0.2, -0.15) is 4.98 Å². The Morgan fingerprint density at radius 1 is 1.53 bits per heavy atom. The van der Waals surface area contributed by atoms with Crippen LogP contribution in [0.2, 0.25) is 0 Å². The van der Waals surface area contributed by atoms with Gasteiger partial charge in [0.15, 0.2) is 5.75 Å². The zero-order chi connectivity index (χ0) is 13.2.